The van der Waals surface area contributed by atoms with Crippen LogP contribution in [0.1, 0.15) is 12.0 Å². The van der Waals surface area contributed by atoms with Gasteiger partial charge < -0.3 is 9.75 Å². The van der Waals surface area contributed by atoms with Gasteiger partial charge in [-0.1, -0.05) is 6.07 Å². The highest BCUT2D eigenvalue weighted by atomic mass is 35.5. The Morgan fingerprint density at radius 3 is 2.80 bits per heavy atom. The molecule has 1 aliphatic rings. The van der Waals surface area contributed by atoms with E-state index in [4.69, 9.17) is 4.74 Å². The lowest BCUT2D eigenvalue weighted by atomic mass is 10.1. The van der Waals surface area contributed by atoms with Crippen LogP contribution in [0, 0.1) is 6.92 Å². The number of nitrogens with zero attached hydrogens (tertiary/aromatic N) is 1. The van der Waals surface area contributed by atoms with Crippen molar-refractivity contribution < 1.29 is 4.74 Å². The molecule has 0 radical (unpaired) electrons. The van der Waals surface area contributed by atoms with E-state index in [0.717, 1.165) is 18.8 Å². The van der Waals surface area contributed by atoms with Crippen LogP contribution in [0.5, 0.6) is 5.75 Å². The van der Waals surface area contributed by atoms with Crippen LogP contribution in [0.2, 0.25) is 0 Å². The molecule has 1 aliphatic heterocycles. The Kier molecular flexibility index (Phi) is 4.24. The van der Waals surface area contributed by atoms with Gasteiger partial charge in [-0.2, -0.15) is 0 Å². The van der Waals surface area contributed by atoms with E-state index >= 15 is 0 Å². The van der Waals surface area contributed by atoms with Gasteiger partial charge in [-0.05, 0) is 25.5 Å². The molecule has 1 saturated heterocycles. The maximum atomic E-state index is 5.29. The third-order valence-corrected chi connectivity index (χ3v) is 2.63. The summed E-state index contributed by atoms with van der Waals surface area (Å²) in [4.78, 5) is 0. The normalized spacial score (nSPS) is 14.9. The predicted molar refractivity (Wildman–Crippen MR) is 64.9 cm³/mol. The second-order valence-electron chi connectivity index (χ2n) is 3.52. The quantitative estimate of drug-likeness (QED) is 0.840. The van der Waals surface area contributed by atoms with Crippen molar-refractivity contribution in [3.63, 3.8) is 0 Å². The summed E-state index contributed by atoms with van der Waals surface area (Å²) in [5.74, 6) is 0.955. The molecule has 2 rings (SSSR count). The summed E-state index contributed by atoms with van der Waals surface area (Å²) in [7, 11) is 1.71. The molecule has 84 valence electrons. The first-order chi connectivity index (χ1) is 6.83. The van der Waals surface area contributed by atoms with Gasteiger partial charge in [0.25, 0.3) is 0 Å². The summed E-state index contributed by atoms with van der Waals surface area (Å²) in [6.07, 6.45) is 1.21. The zero-order chi connectivity index (χ0) is 9.97. The molecule has 0 saturated carbocycles. The Hall–Kier alpha value is -0.930. The molecule has 15 heavy (non-hydrogen) atoms. The van der Waals surface area contributed by atoms with Crippen molar-refractivity contribution in [1.82, 2.24) is 5.43 Å². The monoisotopic (exact) mass is 228 g/mol. The van der Waals surface area contributed by atoms with E-state index in [1.54, 1.807) is 7.11 Å². The zero-order valence-electron chi connectivity index (χ0n) is 9.12. The van der Waals surface area contributed by atoms with Crippen LogP contribution in [0.4, 0.5) is 5.69 Å². The Balaban J connectivity index is 0.00000112. The van der Waals surface area contributed by atoms with Crippen LogP contribution in [-0.2, 0) is 0 Å². The number of methoxy groups -OCH3 is 1. The molecule has 0 unspecified atom stereocenters. The average molecular weight is 229 g/mol. The molecule has 1 N–H and O–H groups in total. The van der Waals surface area contributed by atoms with Gasteiger partial charge >= 0.3 is 0 Å². The highest BCUT2D eigenvalue weighted by Gasteiger charge is 2.15. The summed E-state index contributed by atoms with van der Waals surface area (Å²) >= 11 is 0. The number of hydrogen-bond donors (Lipinski definition) is 1. The second-order valence-corrected chi connectivity index (χ2v) is 3.52. The fourth-order valence-electron chi connectivity index (χ4n) is 1.85. The molecule has 0 aliphatic carbocycles. The topological polar surface area (TPSA) is 24.5 Å². The van der Waals surface area contributed by atoms with Crippen LogP contribution in [0.15, 0.2) is 18.2 Å². The summed E-state index contributed by atoms with van der Waals surface area (Å²) < 4.78 is 5.29. The first-order valence-corrected chi connectivity index (χ1v) is 4.97. The van der Waals surface area contributed by atoms with Crippen LogP contribution >= 0.6 is 12.4 Å². The van der Waals surface area contributed by atoms with Gasteiger partial charge in [0, 0.05) is 18.7 Å². The van der Waals surface area contributed by atoms with Crippen molar-refractivity contribution in [2.75, 3.05) is 25.2 Å². The number of ether oxygens (including phenoxy) is 1. The smallest absolute Gasteiger partial charge is 0.123 e. The van der Waals surface area contributed by atoms with Crippen molar-refractivity contribution >= 4 is 18.1 Å². The predicted octanol–water partition coefficient (Wildman–Crippen LogP) is 2.14. The van der Waals surface area contributed by atoms with Gasteiger partial charge in [0.1, 0.15) is 5.75 Å². The van der Waals surface area contributed by atoms with Crippen molar-refractivity contribution in [3.05, 3.63) is 23.8 Å². The van der Waals surface area contributed by atoms with Crippen molar-refractivity contribution in [3.8, 4) is 5.75 Å². The van der Waals surface area contributed by atoms with Crippen molar-refractivity contribution in [2.45, 2.75) is 13.3 Å². The minimum absolute atomic E-state index is 0. The number of hydrogen-bond acceptors (Lipinski definition) is 3. The lowest BCUT2D eigenvalue weighted by Crippen LogP contribution is -2.30. The zero-order valence-corrected chi connectivity index (χ0v) is 9.93. The lowest BCUT2D eigenvalue weighted by molar-refractivity contribution is 0.411. The maximum absolute atomic E-state index is 5.29. The molecular formula is C11H17ClN2O. The molecule has 1 aromatic carbocycles. The van der Waals surface area contributed by atoms with Crippen LogP contribution in [0.25, 0.3) is 0 Å². The Labute approximate surface area is 96.8 Å². The van der Waals surface area contributed by atoms with Gasteiger partial charge in [-0.25, -0.2) is 5.43 Å². The van der Waals surface area contributed by atoms with E-state index in [9.17, 15) is 0 Å². The summed E-state index contributed by atoms with van der Waals surface area (Å²) in [5, 5.41) is 2.19. The molecule has 3 nitrogen and oxygen atoms in total. The number of hydrazine groups is 1. The largest absolute Gasteiger partial charge is 0.496 e. The van der Waals surface area contributed by atoms with Gasteiger partial charge in [0.15, 0.2) is 0 Å². The lowest BCUT2D eigenvalue weighted by Gasteiger charge is -2.21. The van der Waals surface area contributed by atoms with Crippen LogP contribution < -0.4 is 15.2 Å². The summed E-state index contributed by atoms with van der Waals surface area (Å²) in [6, 6.07) is 6.15. The molecule has 1 fully saturated rings. The number of halogens is 1. The number of nitrogens with one attached hydrogen (secondary N) is 1. The Morgan fingerprint density at radius 2 is 2.20 bits per heavy atom. The third kappa shape index (κ3) is 2.36. The molecular weight excluding hydrogens is 212 g/mol. The van der Waals surface area contributed by atoms with Crippen molar-refractivity contribution in [2.24, 2.45) is 0 Å². The van der Waals surface area contributed by atoms with Gasteiger partial charge in [0.2, 0.25) is 0 Å². The van der Waals surface area contributed by atoms with Crippen LogP contribution in [0.3, 0.4) is 0 Å². The van der Waals surface area contributed by atoms with Crippen molar-refractivity contribution in [1.29, 1.82) is 0 Å². The molecule has 0 amide bonds. The standard InChI is InChI=1S/C11H16N2O.ClH/c1-9-10(13-8-4-7-12-13)5-3-6-11(9)14-2;/h3,5-6,12H,4,7-8H2,1-2H3;1H. The van der Waals surface area contributed by atoms with E-state index in [2.05, 4.69) is 23.4 Å². The SMILES string of the molecule is COc1cccc(N2CCCN2)c1C.Cl. The van der Waals surface area contributed by atoms with Gasteiger partial charge in [-0.15, -0.1) is 12.4 Å². The number of rotatable bonds is 2. The molecule has 1 heterocycles. The number of benzene rings is 1. The fraction of sp³-hybridized carbons (Fsp3) is 0.455. The molecule has 4 heteroatoms. The van der Waals surface area contributed by atoms with E-state index < -0.39 is 0 Å². The molecule has 0 bridgehead atoms. The minimum Gasteiger partial charge on any atom is -0.496 e. The van der Waals surface area contributed by atoms with E-state index in [1.165, 1.54) is 17.7 Å². The molecule has 0 atom stereocenters. The van der Waals surface area contributed by atoms with Gasteiger partial charge in [-0.3, -0.25) is 0 Å². The average Bonchev–Trinajstić information content (AvgIpc) is 2.71. The second kappa shape index (κ2) is 5.24. The maximum Gasteiger partial charge on any atom is 0.123 e. The van der Waals surface area contributed by atoms with E-state index in [1.807, 2.05) is 12.1 Å². The first-order valence-electron chi connectivity index (χ1n) is 4.97. The van der Waals surface area contributed by atoms with E-state index in [0.29, 0.717) is 0 Å². The highest BCUT2D eigenvalue weighted by Crippen LogP contribution is 2.28. The first kappa shape index (κ1) is 12.1. The fourth-order valence-corrected chi connectivity index (χ4v) is 1.85. The van der Waals surface area contributed by atoms with Crippen LogP contribution in [-0.4, -0.2) is 20.2 Å². The highest BCUT2D eigenvalue weighted by molar-refractivity contribution is 5.85. The molecule has 0 spiro atoms. The third-order valence-electron chi connectivity index (χ3n) is 2.63. The Morgan fingerprint density at radius 1 is 1.40 bits per heavy atom. The molecule has 0 aromatic heterocycles. The summed E-state index contributed by atoms with van der Waals surface area (Å²) in [6.45, 7) is 4.23. The number of anilines is 1. The summed E-state index contributed by atoms with van der Waals surface area (Å²) in [5.41, 5.74) is 5.77. The van der Waals surface area contributed by atoms with Gasteiger partial charge in [0.05, 0.1) is 12.8 Å². The minimum atomic E-state index is 0. The van der Waals surface area contributed by atoms with E-state index in [-0.39, 0.29) is 12.4 Å². The Bertz CT molecular complexity index is 324. The molecule has 1 aromatic rings.